The Morgan fingerprint density at radius 1 is 1.19 bits per heavy atom. The molecule has 1 N–H and O–H groups in total. The quantitative estimate of drug-likeness (QED) is 0.916. The van der Waals surface area contributed by atoms with Crippen LogP contribution in [0, 0.1) is 0 Å². The number of benzene rings is 1. The number of methoxy groups -OCH3 is 2. The molecular formula is C16H22N2O3. The Kier molecular flexibility index (Phi) is 4.53. The number of hydrogen-bond donors (Lipinski definition) is 1. The standard InChI is InChI=1S/C16H22N2O3/c1-16(2,3)18-10-15-17-9-14(21-15)12-8-11(19-4)6-7-13(12)20-5/h6-9,18H,10H2,1-5H3. The van der Waals surface area contributed by atoms with Crippen molar-refractivity contribution in [2.45, 2.75) is 32.9 Å². The van der Waals surface area contributed by atoms with Crippen LogP contribution in [-0.4, -0.2) is 24.7 Å². The molecule has 1 aromatic carbocycles. The molecule has 0 spiro atoms. The van der Waals surface area contributed by atoms with E-state index in [9.17, 15) is 0 Å². The summed E-state index contributed by atoms with van der Waals surface area (Å²) in [6.07, 6.45) is 1.71. The van der Waals surface area contributed by atoms with Crippen LogP contribution in [0.4, 0.5) is 0 Å². The third-order valence-electron chi connectivity index (χ3n) is 3.00. The van der Waals surface area contributed by atoms with Gasteiger partial charge in [0, 0.05) is 5.54 Å². The fourth-order valence-electron chi connectivity index (χ4n) is 1.86. The van der Waals surface area contributed by atoms with Crippen molar-refractivity contribution in [3.8, 4) is 22.8 Å². The minimum Gasteiger partial charge on any atom is -0.497 e. The van der Waals surface area contributed by atoms with Gasteiger partial charge in [0.1, 0.15) is 11.5 Å². The molecule has 0 bridgehead atoms. The predicted octanol–water partition coefficient (Wildman–Crippen LogP) is 3.25. The van der Waals surface area contributed by atoms with E-state index in [1.165, 1.54) is 0 Å². The number of ether oxygens (including phenoxy) is 2. The molecule has 0 atom stereocenters. The van der Waals surface area contributed by atoms with Crippen molar-refractivity contribution >= 4 is 0 Å². The highest BCUT2D eigenvalue weighted by Crippen LogP contribution is 2.33. The van der Waals surface area contributed by atoms with Crippen molar-refractivity contribution in [1.29, 1.82) is 0 Å². The number of nitrogens with one attached hydrogen (secondary N) is 1. The zero-order valence-corrected chi connectivity index (χ0v) is 13.2. The van der Waals surface area contributed by atoms with Gasteiger partial charge in [0.15, 0.2) is 5.76 Å². The zero-order chi connectivity index (χ0) is 15.5. The van der Waals surface area contributed by atoms with Crippen molar-refractivity contribution in [2.75, 3.05) is 14.2 Å². The average Bonchev–Trinajstić information content (AvgIpc) is 2.92. The number of aromatic nitrogens is 1. The van der Waals surface area contributed by atoms with E-state index in [4.69, 9.17) is 13.9 Å². The Morgan fingerprint density at radius 3 is 2.57 bits per heavy atom. The Morgan fingerprint density at radius 2 is 1.95 bits per heavy atom. The molecule has 0 saturated carbocycles. The Labute approximate surface area is 125 Å². The molecule has 1 aromatic heterocycles. The van der Waals surface area contributed by atoms with Gasteiger partial charge in [0.2, 0.25) is 5.89 Å². The highest BCUT2D eigenvalue weighted by Gasteiger charge is 2.15. The maximum absolute atomic E-state index is 5.80. The smallest absolute Gasteiger partial charge is 0.208 e. The van der Waals surface area contributed by atoms with Crippen LogP contribution in [0.5, 0.6) is 11.5 Å². The number of hydrogen-bond acceptors (Lipinski definition) is 5. The maximum Gasteiger partial charge on any atom is 0.208 e. The fraction of sp³-hybridized carbons (Fsp3) is 0.438. The number of nitrogens with zero attached hydrogens (tertiary/aromatic N) is 1. The van der Waals surface area contributed by atoms with E-state index in [1.54, 1.807) is 20.4 Å². The highest BCUT2D eigenvalue weighted by atomic mass is 16.5. The van der Waals surface area contributed by atoms with Crippen LogP contribution in [-0.2, 0) is 6.54 Å². The predicted molar refractivity (Wildman–Crippen MR) is 81.6 cm³/mol. The lowest BCUT2D eigenvalue weighted by Gasteiger charge is -2.18. The lowest BCUT2D eigenvalue weighted by atomic mass is 10.1. The second-order valence-electron chi connectivity index (χ2n) is 5.79. The van der Waals surface area contributed by atoms with Gasteiger partial charge < -0.3 is 19.2 Å². The average molecular weight is 290 g/mol. The van der Waals surface area contributed by atoms with Crippen LogP contribution < -0.4 is 14.8 Å². The Bertz CT molecular complexity index is 600. The van der Waals surface area contributed by atoms with E-state index < -0.39 is 0 Å². The summed E-state index contributed by atoms with van der Waals surface area (Å²) in [5, 5.41) is 3.34. The molecule has 0 radical (unpaired) electrons. The van der Waals surface area contributed by atoms with Crippen molar-refractivity contribution in [1.82, 2.24) is 10.3 Å². The van der Waals surface area contributed by atoms with Gasteiger partial charge in [-0.1, -0.05) is 0 Å². The molecule has 5 nitrogen and oxygen atoms in total. The summed E-state index contributed by atoms with van der Waals surface area (Å²) in [5.74, 6) is 2.78. The molecule has 2 aromatic rings. The van der Waals surface area contributed by atoms with Gasteiger partial charge in [-0.15, -0.1) is 0 Å². The first kappa shape index (κ1) is 15.4. The van der Waals surface area contributed by atoms with Gasteiger partial charge in [-0.25, -0.2) is 4.98 Å². The normalized spacial score (nSPS) is 11.5. The van der Waals surface area contributed by atoms with Crippen LogP contribution >= 0.6 is 0 Å². The number of oxazole rings is 1. The molecule has 114 valence electrons. The summed E-state index contributed by atoms with van der Waals surface area (Å²) in [4.78, 5) is 4.30. The first-order chi connectivity index (χ1) is 9.93. The molecule has 0 fully saturated rings. The topological polar surface area (TPSA) is 56.5 Å². The van der Waals surface area contributed by atoms with Crippen molar-refractivity contribution in [3.63, 3.8) is 0 Å². The molecule has 0 saturated heterocycles. The van der Waals surface area contributed by atoms with E-state index in [0.29, 0.717) is 18.2 Å². The van der Waals surface area contributed by atoms with Crippen LogP contribution in [0.3, 0.4) is 0 Å². The minimum atomic E-state index is 0.0162. The molecule has 1 heterocycles. The summed E-state index contributed by atoms with van der Waals surface area (Å²) in [6.45, 7) is 6.88. The summed E-state index contributed by atoms with van der Waals surface area (Å²) in [6, 6.07) is 5.57. The van der Waals surface area contributed by atoms with E-state index in [-0.39, 0.29) is 5.54 Å². The molecule has 2 rings (SSSR count). The Hall–Kier alpha value is -2.01. The molecule has 0 unspecified atom stereocenters. The van der Waals surface area contributed by atoms with E-state index in [0.717, 1.165) is 17.1 Å². The summed E-state index contributed by atoms with van der Waals surface area (Å²) < 4.78 is 16.4. The molecule has 0 aliphatic heterocycles. The van der Waals surface area contributed by atoms with Gasteiger partial charge >= 0.3 is 0 Å². The Balaban J connectivity index is 2.24. The number of rotatable bonds is 5. The third kappa shape index (κ3) is 3.98. The van der Waals surface area contributed by atoms with Gasteiger partial charge in [0.05, 0.1) is 32.5 Å². The minimum absolute atomic E-state index is 0.0162. The van der Waals surface area contributed by atoms with Crippen molar-refractivity contribution in [2.24, 2.45) is 0 Å². The van der Waals surface area contributed by atoms with Crippen molar-refractivity contribution < 1.29 is 13.9 Å². The lowest BCUT2D eigenvalue weighted by Crippen LogP contribution is -2.35. The monoisotopic (exact) mass is 290 g/mol. The van der Waals surface area contributed by atoms with Crippen LogP contribution in [0.15, 0.2) is 28.8 Å². The van der Waals surface area contributed by atoms with E-state index >= 15 is 0 Å². The third-order valence-corrected chi connectivity index (χ3v) is 3.00. The molecule has 0 aliphatic rings. The fourth-order valence-corrected chi connectivity index (χ4v) is 1.86. The molecule has 0 amide bonds. The second-order valence-corrected chi connectivity index (χ2v) is 5.79. The van der Waals surface area contributed by atoms with E-state index in [2.05, 4.69) is 31.1 Å². The van der Waals surface area contributed by atoms with E-state index in [1.807, 2.05) is 18.2 Å². The van der Waals surface area contributed by atoms with Gasteiger partial charge in [-0.05, 0) is 39.0 Å². The largest absolute Gasteiger partial charge is 0.497 e. The van der Waals surface area contributed by atoms with Gasteiger partial charge in [-0.3, -0.25) is 0 Å². The lowest BCUT2D eigenvalue weighted by molar-refractivity contribution is 0.381. The highest BCUT2D eigenvalue weighted by molar-refractivity contribution is 5.67. The molecule has 21 heavy (non-hydrogen) atoms. The van der Waals surface area contributed by atoms with Crippen LogP contribution in [0.25, 0.3) is 11.3 Å². The van der Waals surface area contributed by atoms with Crippen LogP contribution in [0.2, 0.25) is 0 Å². The summed E-state index contributed by atoms with van der Waals surface area (Å²) in [5.41, 5.74) is 0.841. The zero-order valence-electron chi connectivity index (χ0n) is 13.2. The SMILES string of the molecule is COc1ccc(OC)c(-c2cnc(CNC(C)(C)C)o2)c1. The van der Waals surface area contributed by atoms with Gasteiger partial charge in [-0.2, -0.15) is 0 Å². The molecule has 0 aliphatic carbocycles. The summed E-state index contributed by atoms with van der Waals surface area (Å²) in [7, 11) is 3.26. The van der Waals surface area contributed by atoms with Crippen LogP contribution in [0.1, 0.15) is 26.7 Å². The maximum atomic E-state index is 5.80. The molecular weight excluding hydrogens is 268 g/mol. The van der Waals surface area contributed by atoms with Crippen molar-refractivity contribution in [3.05, 3.63) is 30.3 Å². The molecule has 5 heteroatoms. The second kappa shape index (κ2) is 6.18. The van der Waals surface area contributed by atoms with Gasteiger partial charge in [0.25, 0.3) is 0 Å². The first-order valence-electron chi connectivity index (χ1n) is 6.85. The summed E-state index contributed by atoms with van der Waals surface area (Å²) >= 11 is 0. The first-order valence-corrected chi connectivity index (χ1v) is 6.85.